The quantitative estimate of drug-likeness (QED) is 0.372. The number of aromatic nitrogens is 1. The fourth-order valence-corrected chi connectivity index (χ4v) is 6.03. The van der Waals surface area contributed by atoms with Crippen LogP contribution >= 0.6 is 0 Å². The number of hydrogen-bond acceptors (Lipinski definition) is 4. The second-order valence-electron chi connectivity index (χ2n) is 11.1. The van der Waals surface area contributed by atoms with E-state index in [2.05, 4.69) is 10.6 Å². The van der Waals surface area contributed by atoms with Gasteiger partial charge in [-0.25, -0.2) is 4.39 Å². The van der Waals surface area contributed by atoms with Crippen LogP contribution in [0.4, 0.5) is 10.1 Å². The number of aryl methyl sites for hydroxylation is 1. The van der Waals surface area contributed by atoms with E-state index in [1.165, 1.54) is 12.1 Å². The summed E-state index contributed by atoms with van der Waals surface area (Å²) in [7, 11) is 1.76. The Labute approximate surface area is 217 Å². The highest BCUT2D eigenvalue weighted by molar-refractivity contribution is 6.43. The molecule has 2 amide bonds. The molecule has 1 aromatic carbocycles. The van der Waals surface area contributed by atoms with Crippen molar-refractivity contribution in [1.82, 2.24) is 9.88 Å². The lowest BCUT2D eigenvalue weighted by atomic mass is 9.82. The summed E-state index contributed by atoms with van der Waals surface area (Å²) in [5, 5.41) is 15.6. The third kappa shape index (κ3) is 5.64. The number of aliphatic hydroxyl groups is 1. The van der Waals surface area contributed by atoms with E-state index in [-0.39, 0.29) is 29.4 Å². The van der Waals surface area contributed by atoms with Gasteiger partial charge in [0.05, 0.1) is 17.4 Å². The molecule has 1 heterocycles. The number of ketones is 1. The van der Waals surface area contributed by atoms with Gasteiger partial charge < -0.3 is 20.3 Å². The number of amides is 2. The first-order chi connectivity index (χ1) is 17.5. The summed E-state index contributed by atoms with van der Waals surface area (Å²) < 4.78 is 15.5. The molecule has 2 aliphatic carbocycles. The van der Waals surface area contributed by atoms with Gasteiger partial charge in [-0.3, -0.25) is 14.4 Å². The third-order valence-electron chi connectivity index (χ3n) is 8.21. The first-order valence-corrected chi connectivity index (χ1v) is 13.3. The minimum absolute atomic E-state index is 0.107. The summed E-state index contributed by atoms with van der Waals surface area (Å²) in [5.74, 6) is -1.97. The molecule has 2 fully saturated rings. The van der Waals surface area contributed by atoms with E-state index in [9.17, 15) is 23.9 Å². The molecule has 0 unspecified atom stereocenters. The van der Waals surface area contributed by atoms with Crippen LogP contribution in [0.2, 0.25) is 0 Å². The van der Waals surface area contributed by atoms with Gasteiger partial charge >= 0.3 is 0 Å². The lowest BCUT2D eigenvalue weighted by Gasteiger charge is -2.36. The molecule has 0 spiro atoms. The second kappa shape index (κ2) is 10.8. The van der Waals surface area contributed by atoms with E-state index >= 15 is 0 Å². The molecule has 1 aromatic heterocycles. The van der Waals surface area contributed by atoms with E-state index in [1.807, 2.05) is 6.92 Å². The van der Waals surface area contributed by atoms with Gasteiger partial charge in [-0.15, -0.1) is 0 Å². The molecule has 7 nitrogen and oxygen atoms in total. The minimum atomic E-state index is -0.695. The van der Waals surface area contributed by atoms with Crippen LogP contribution in [0.3, 0.4) is 0 Å². The van der Waals surface area contributed by atoms with Crippen LogP contribution < -0.4 is 10.6 Å². The van der Waals surface area contributed by atoms with Crippen LogP contribution in [0, 0.1) is 19.7 Å². The van der Waals surface area contributed by atoms with E-state index in [0.29, 0.717) is 48.1 Å². The molecule has 0 atom stereocenters. The molecule has 4 rings (SSSR count). The highest BCUT2D eigenvalue weighted by Crippen LogP contribution is 2.38. The number of nitrogens with zero attached hydrogens (tertiary/aromatic N) is 1. The fraction of sp³-hybridized carbons (Fsp3) is 0.552. The Hall–Kier alpha value is -3.00. The molecule has 0 bridgehead atoms. The lowest BCUT2D eigenvalue weighted by Crippen LogP contribution is -2.51. The zero-order chi connectivity index (χ0) is 26.9. The monoisotopic (exact) mass is 511 g/mol. The van der Waals surface area contributed by atoms with Gasteiger partial charge in [0.25, 0.3) is 17.6 Å². The molecule has 0 radical (unpaired) electrons. The molecule has 2 saturated carbocycles. The first-order valence-electron chi connectivity index (χ1n) is 13.3. The summed E-state index contributed by atoms with van der Waals surface area (Å²) in [6.45, 7) is 5.25. The average molecular weight is 512 g/mol. The van der Waals surface area contributed by atoms with Gasteiger partial charge in [-0.2, -0.15) is 0 Å². The van der Waals surface area contributed by atoms with Crippen LogP contribution in [0.25, 0.3) is 0 Å². The lowest BCUT2D eigenvalue weighted by molar-refractivity contribution is -0.119. The highest BCUT2D eigenvalue weighted by atomic mass is 19.1. The number of benzene rings is 1. The van der Waals surface area contributed by atoms with Gasteiger partial charge in [-0.1, -0.05) is 19.3 Å². The molecule has 2 aliphatic rings. The van der Waals surface area contributed by atoms with Crippen molar-refractivity contribution in [1.29, 1.82) is 0 Å². The normalized spacial score (nSPS) is 22.5. The number of carbonyl (C=O) groups excluding carboxylic acids is 3. The second-order valence-corrected chi connectivity index (χ2v) is 11.1. The number of rotatable bonds is 6. The van der Waals surface area contributed by atoms with Crippen molar-refractivity contribution in [2.75, 3.05) is 5.32 Å². The molecule has 0 saturated heterocycles. The molecule has 8 heteroatoms. The maximum atomic E-state index is 13.8. The number of anilines is 1. The molecular weight excluding hydrogens is 473 g/mol. The number of nitrogens with one attached hydrogen (secondary N) is 2. The summed E-state index contributed by atoms with van der Waals surface area (Å²) in [6, 6.07) is 4.40. The number of carbonyl (C=O) groups is 3. The Kier molecular flexibility index (Phi) is 7.88. The predicted molar refractivity (Wildman–Crippen MR) is 140 cm³/mol. The summed E-state index contributed by atoms with van der Waals surface area (Å²) in [6.07, 6.45) is 7.01. The number of Topliss-reactive ketones (excluding diaryl/α,β-unsaturated/α-hetero) is 1. The van der Waals surface area contributed by atoms with Gasteiger partial charge in [0.1, 0.15) is 5.82 Å². The Bertz CT molecular complexity index is 1200. The number of halogens is 1. The standard InChI is InChI=1S/C29H38FN3O4/c1-17-16-20(10-11-22(17)30)31-27(36)23-18(2)24(33(4)25(23)19-8-6-5-7-9-19)26(35)28(37)32-29(3)14-12-21(34)13-15-29/h10-11,16,19,21,34H,5-9,12-15H2,1-4H3,(H,31,36)(H,32,37). The molecule has 37 heavy (non-hydrogen) atoms. The van der Waals surface area contributed by atoms with Crippen molar-refractivity contribution < 1.29 is 23.9 Å². The van der Waals surface area contributed by atoms with Crippen LogP contribution in [0.15, 0.2) is 18.2 Å². The highest BCUT2D eigenvalue weighted by Gasteiger charge is 2.37. The van der Waals surface area contributed by atoms with E-state index < -0.39 is 17.2 Å². The Morgan fingerprint density at radius 2 is 1.70 bits per heavy atom. The third-order valence-corrected chi connectivity index (χ3v) is 8.21. The Morgan fingerprint density at radius 3 is 2.32 bits per heavy atom. The molecule has 2 aromatic rings. The fourth-order valence-electron chi connectivity index (χ4n) is 6.03. The van der Waals surface area contributed by atoms with Gasteiger partial charge in [0, 0.05) is 29.9 Å². The van der Waals surface area contributed by atoms with Crippen molar-refractivity contribution >= 4 is 23.3 Å². The summed E-state index contributed by atoms with van der Waals surface area (Å²) in [4.78, 5) is 40.3. The van der Waals surface area contributed by atoms with Crippen molar-refractivity contribution in [2.45, 2.75) is 96.1 Å². The van der Waals surface area contributed by atoms with Crippen LogP contribution in [-0.4, -0.2) is 38.9 Å². The van der Waals surface area contributed by atoms with Gasteiger partial charge in [0.15, 0.2) is 0 Å². The maximum absolute atomic E-state index is 13.8. The summed E-state index contributed by atoms with van der Waals surface area (Å²) in [5.41, 5.74) is 2.22. The van der Waals surface area contributed by atoms with E-state index in [1.54, 1.807) is 31.5 Å². The number of aliphatic hydroxyl groups excluding tert-OH is 1. The molecule has 0 aliphatic heterocycles. The van der Waals surface area contributed by atoms with Crippen LogP contribution in [-0.2, 0) is 11.8 Å². The van der Waals surface area contributed by atoms with Crippen LogP contribution in [0.5, 0.6) is 0 Å². The van der Waals surface area contributed by atoms with Crippen molar-refractivity contribution in [3.8, 4) is 0 Å². The van der Waals surface area contributed by atoms with E-state index in [0.717, 1.165) is 37.8 Å². The Morgan fingerprint density at radius 1 is 1.05 bits per heavy atom. The topological polar surface area (TPSA) is 100 Å². The van der Waals surface area contributed by atoms with E-state index in [4.69, 9.17) is 0 Å². The van der Waals surface area contributed by atoms with Crippen molar-refractivity contribution in [3.63, 3.8) is 0 Å². The predicted octanol–water partition coefficient (Wildman–Crippen LogP) is 5.07. The summed E-state index contributed by atoms with van der Waals surface area (Å²) >= 11 is 0. The largest absolute Gasteiger partial charge is 0.393 e. The SMILES string of the molecule is Cc1cc(NC(=O)c2c(C)c(C(=O)C(=O)NC3(C)CCC(O)CC3)n(C)c2C2CCCCC2)ccc1F. The molecular formula is C29H38FN3O4. The molecule has 200 valence electrons. The number of hydrogen-bond donors (Lipinski definition) is 3. The minimum Gasteiger partial charge on any atom is -0.393 e. The van der Waals surface area contributed by atoms with Crippen molar-refractivity contribution in [2.24, 2.45) is 7.05 Å². The first kappa shape index (κ1) is 27.0. The van der Waals surface area contributed by atoms with Gasteiger partial charge in [0.2, 0.25) is 0 Å². The van der Waals surface area contributed by atoms with Crippen molar-refractivity contribution in [3.05, 3.63) is 52.1 Å². The van der Waals surface area contributed by atoms with Gasteiger partial charge in [-0.05, 0) is 88.6 Å². The maximum Gasteiger partial charge on any atom is 0.294 e. The molecule has 3 N–H and O–H groups in total. The van der Waals surface area contributed by atoms with Crippen LogP contribution in [0.1, 0.15) is 108 Å². The average Bonchev–Trinajstić information content (AvgIpc) is 3.13. The zero-order valence-corrected chi connectivity index (χ0v) is 22.2. The Balaban J connectivity index is 1.68. The zero-order valence-electron chi connectivity index (χ0n) is 22.2. The smallest absolute Gasteiger partial charge is 0.294 e.